The first-order valence-corrected chi connectivity index (χ1v) is 9.06. The quantitative estimate of drug-likeness (QED) is 0.782. The van der Waals surface area contributed by atoms with Crippen molar-refractivity contribution in [2.24, 2.45) is 17.8 Å². The molecular formula is C18H31N3. The zero-order valence-corrected chi connectivity index (χ0v) is 13.8. The van der Waals surface area contributed by atoms with Gasteiger partial charge in [-0.15, -0.1) is 0 Å². The Balaban J connectivity index is 1.67. The van der Waals surface area contributed by atoms with Crippen molar-refractivity contribution in [2.75, 3.05) is 26.7 Å². The molecule has 0 N–H and O–H groups in total. The summed E-state index contributed by atoms with van der Waals surface area (Å²) in [5, 5.41) is 9.54. The van der Waals surface area contributed by atoms with Gasteiger partial charge in [-0.05, 0) is 70.5 Å². The van der Waals surface area contributed by atoms with Crippen LogP contribution in [0, 0.1) is 29.1 Å². The Bertz CT molecular complexity index is 388. The Morgan fingerprint density at radius 3 is 2.71 bits per heavy atom. The van der Waals surface area contributed by atoms with Crippen LogP contribution >= 0.6 is 0 Å². The molecule has 2 saturated heterocycles. The van der Waals surface area contributed by atoms with Crippen LogP contribution in [-0.4, -0.2) is 48.6 Å². The average Bonchev–Trinajstić information content (AvgIpc) is 2.54. The average molecular weight is 289 g/mol. The van der Waals surface area contributed by atoms with Crippen LogP contribution in [0.3, 0.4) is 0 Å². The molecule has 3 aliphatic rings. The Hall–Kier alpha value is -0.590. The lowest BCUT2D eigenvalue weighted by atomic mass is 9.75. The summed E-state index contributed by atoms with van der Waals surface area (Å²) in [4.78, 5) is 5.29. The minimum Gasteiger partial charge on any atom is -0.303 e. The van der Waals surface area contributed by atoms with Crippen LogP contribution in [0.2, 0.25) is 0 Å². The molecular weight excluding hydrogens is 258 g/mol. The fraction of sp³-hybridized carbons (Fsp3) is 0.944. The van der Waals surface area contributed by atoms with Crippen LogP contribution in [0.5, 0.6) is 0 Å². The lowest BCUT2D eigenvalue weighted by molar-refractivity contribution is -0.00236. The number of rotatable bonds is 2. The van der Waals surface area contributed by atoms with Gasteiger partial charge in [-0.1, -0.05) is 13.3 Å². The highest BCUT2D eigenvalue weighted by molar-refractivity contribution is 5.00. The number of piperidine rings is 2. The predicted octanol–water partition coefficient (Wildman–Crippen LogP) is 3.12. The molecule has 21 heavy (non-hydrogen) atoms. The zero-order chi connectivity index (χ0) is 14.8. The third-order valence-electron chi connectivity index (χ3n) is 6.51. The molecule has 0 radical (unpaired) electrons. The third kappa shape index (κ3) is 3.12. The largest absolute Gasteiger partial charge is 0.303 e. The summed E-state index contributed by atoms with van der Waals surface area (Å²) < 4.78 is 0. The molecule has 3 heteroatoms. The van der Waals surface area contributed by atoms with Crippen molar-refractivity contribution in [3.63, 3.8) is 0 Å². The standard InChI is InChI=1S/C18H31N3/c1-3-14-6-7-15(12-19)18(11-14)21-10-8-17-16(13-21)5-4-9-20(17)2/h14-18H,3-11,13H2,1-2H3. The maximum absolute atomic E-state index is 9.54. The van der Waals surface area contributed by atoms with Gasteiger partial charge in [0.05, 0.1) is 12.0 Å². The molecule has 2 aliphatic heterocycles. The summed E-state index contributed by atoms with van der Waals surface area (Å²) in [5.74, 6) is 1.98. The molecule has 2 heterocycles. The maximum Gasteiger partial charge on any atom is 0.0672 e. The van der Waals surface area contributed by atoms with Crippen LogP contribution in [0.1, 0.15) is 51.9 Å². The highest BCUT2D eigenvalue weighted by atomic mass is 15.2. The fourth-order valence-electron chi connectivity index (χ4n) is 5.14. The van der Waals surface area contributed by atoms with E-state index in [1.165, 1.54) is 58.2 Å². The van der Waals surface area contributed by atoms with Gasteiger partial charge in [-0.25, -0.2) is 0 Å². The zero-order valence-electron chi connectivity index (χ0n) is 13.8. The molecule has 1 aliphatic carbocycles. The van der Waals surface area contributed by atoms with Crippen molar-refractivity contribution in [1.82, 2.24) is 9.80 Å². The van der Waals surface area contributed by atoms with Crippen LogP contribution in [0.4, 0.5) is 0 Å². The van der Waals surface area contributed by atoms with E-state index in [9.17, 15) is 5.26 Å². The van der Waals surface area contributed by atoms with E-state index in [2.05, 4.69) is 29.8 Å². The van der Waals surface area contributed by atoms with E-state index in [0.717, 1.165) is 24.3 Å². The second-order valence-electron chi connectivity index (χ2n) is 7.62. The van der Waals surface area contributed by atoms with Crippen LogP contribution in [0.25, 0.3) is 0 Å². The van der Waals surface area contributed by atoms with E-state index in [0.29, 0.717) is 6.04 Å². The van der Waals surface area contributed by atoms with Gasteiger partial charge in [0.1, 0.15) is 0 Å². The summed E-state index contributed by atoms with van der Waals surface area (Å²) in [6.07, 6.45) is 9.02. The topological polar surface area (TPSA) is 30.3 Å². The van der Waals surface area contributed by atoms with Crippen molar-refractivity contribution >= 4 is 0 Å². The molecule has 0 amide bonds. The first-order valence-electron chi connectivity index (χ1n) is 9.06. The molecule has 5 atom stereocenters. The molecule has 0 aromatic rings. The molecule has 0 bridgehead atoms. The number of hydrogen-bond donors (Lipinski definition) is 0. The number of likely N-dealkylation sites (tertiary alicyclic amines) is 2. The Labute approximate surface area is 130 Å². The molecule has 5 unspecified atom stereocenters. The highest BCUT2D eigenvalue weighted by Crippen LogP contribution is 2.37. The molecule has 0 spiro atoms. The van der Waals surface area contributed by atoms with Crippen LogP contribution in [0.15, 0.2) is 0 Å². The second kappa shape index (κ2) is 6.67. The Kier molecular flexibility index (Phi) is 4.86. The number of hydrogen-bond acceptors (Lipinski definition) is 3. The van der Waals surface area contributed by atoms with Crippen molar-refractivity contribution in [3.05, 3.63) is 0 Å². The minimum absolute atomic E-state index is 0.283. The van der Waals surface area contributed by atoms with Crippen molar-refractivity contribution in [1.29, 1.82) is 5.26 Å². The summed E-state index contributed by atoms with van der Waals surface area (Å²) in [7, 11) is 2.30. The van der Waals surface area contributed by atoms with Crippen molar-refractivity contribution < 1.29 is 0 Å². The fourth-order valence-corrected chi connectivity index (χ4v) is 5.14. The van der Waals surface area contributed by atoms with Crippen molar-refractivity contribution in [2.45, 2.75) is 64.0 Å². The van der Waals surface area contributed by atoms with E-state index >= 15 is 0 Å². The monoisotopic (exact) mass is 289 g/mol. The Morgan fingerprint density at radius 1 is 1.10 bits per heavy atom. The summed E-state index contributed by atoms with van der Waals surface area (Å²) in [5.41, 5.74) is 0. The molecule has 3 rings (SSSR count). The summed E-state index contributed by atoms with van der Waals surface area (Å²) in [6, 6.07) is 3.97. The molecule has 3 nitrogen and oxygen atoms in total. The summed E-state index contributed by atoms with van der Waals surface area (Å²) >= 11 is 0. The van der Waals surface area contributed by atoms with E-state index in [4.69, 9.17) is 0 Å². The second-order valence-corrected chi connectivity index (χ2v) is 7.62. The minimum atomic E-state index is 0.283. The predicted molar refractivity (Wildman–Crippen MR) is 85.9 cm³/mol. The smallest absolute Gasteiger partial charge is 0.0672 e. The molecule has 0 aromatic carbocycles. The van der Waals surface area contributed by atoms with E-state index in [1.54, 1.807) is 0 Å². The van der Waals surface area contributed by atoms with E-state index in [-0.39, 0.29) is 5.92 Å². The van der Waals surface area contributed by atoms with Crippen LogP contribution < -0.4 is 0 Å². The van der Waals surface area contributed by atoms with Gasteiger partial charge in [0.2, 0.25) is 0 Å². The lowest BCUT2D eigenvalue weighted by Crippen LogP contribution is -2.56. The first-order chi connectivity index (χ1) is 10.2. The lowest BCUT2D eigenvalue weighted by Gasteiger charge is -2.50. The summed E-state index contributed by atoms with van der Waals surface area (Å²) in [6.45, 7) is 6.05. The third-order valence-corrected chi connectivity index (χ3v) is 6.51. The van der Waals surface area contributed by atoms with Gasteiger partial charge in [0.15, 0.2) is 0 Å². The SMILES string of the molecule is CCC1CCC(C#N)C(N2CCC3C(CCCN3C)C2)C1. The maximum atomic E-state index is 9.54. The number of fused-ring (bicyclic) bond motifs is 1. The van der Waals surface area contributed by atoms with Gasteiger partial charge >= 0.3 is 0 Å². The highest BCUT2D eigenvalue weighted by Gasteiger charge is 2.40. The van der Waals surface area contributed by atoms with Gasteiger partial charge < -0.3 is 4.90 Å². The number of nitrogens with zero attached hydrogens (tertiary/aromatic N) is 3. The molecule has 118 valence electrons. The normalized spacial score (nSPS) is 42.2. The Morgan fingerprint density at radius 2 is 1.95 bits per heavy atom. The van der Waals surface area contributed by atoms with Gasteiger partial charge in [-0.3, -0.25) is 4.90 Å². The van der Waals surface area contributed by atoms with Crippen LogP contribution in [-0.2, 0) is 0 Å². The van der Waals surface area contributed by atoms with Gasteiger partial charge in [0, 0.05) is 18.6 Å². The van der Waals surface area contributed by atoms with Crippen molar-refractivity contribution in [3.8, 4) is 6.07 Å². The molecule has 0 aromatic heterocycles. The van der Waals surface area contributed by atoms with E-state index in [1.807, 2.05) is 0 Å². The number of nitriles is 1. The van der Waals surface area contributed by atoms with Gasteiger partial charge in [-0.2, -0.15) is 5.26 Å². The first kappa shape index (κ1) is 15.3. The molecule has 1 saturated carbocycles. The van der Waals surface area contributed by atoms with Gasteiger partial charge in [0.25, 0.3) is 0 Å². The molecule has 3 fully saturated rings. The van der Waals surface area contributed by atoms with E-state index < -0.39 is 0 Å².